The molecular weight excluding hydrogens is 334 g/mol. The molecular formula is CH13F3N6O3RuS. The summed E-state index contributed by atoms with van der Waals surface area (Å²) in [5.74, 6) is 0. The smallest absolute Gasteiger partial charge is 0.693 e. The molecule has 0 aromatic heterocycles. The molecule has 0 radical (unpaired) electrons. The number of rotatable bonds is 0. The third-order valence-electron chi connectivity index (χ3n) is 0.292. The first kappa shape index (κ1) is 59.6. The number of halogens is 3. The van der Waals surface area contributed by atoms with E-state index in [4.69, 9.17) is 13.0 Å². The van der Waals surface area contributed by atoms with Gasteiger partial charge in [-0.1, -0.05) is 0 Å². The number of hydrogen-bond donors (Lipinski definition) is 1. The van der Waals surface area contributed by atoms with E-state index < -0.39 is 15.6 Å². The van der Waals surface area contributed by atoms with Gasteiger partial charge >= 0.3 is 35.1 Å². The Balaban J connectivity index is -0.0000000117. The topological polar surface area (TPSA) is 255 Å². The first-order valence-electron chi connectivity index (χ1n) is 1.29. The molecule has 0 spiro atoms. The average Bonchev–Trinajstić information content (AvgIpc) is 1.25. The molecule has 100 valence electrons. The summed E-state index contributed by atoms with van der Waals surface area (Å²) in [6.45, 7) is 0. The number of alkyl halides is 3. The Morgan fingerprint density at radius 1 is 0.800 bits per heavy atom. The molecule has 9 nitrogen and oxygen atoms in total. The summed E-state index contributed by atoms with van der Waals surface area (Å²) in [6.07, 6.45) is 0. The predicted octanol–water partition coefficient (Wildman–Crippen LogP) is 4.69. The van der Waals surface area contributed by atoms with E-state index in [0.717, 1.165) is 0 Å². The maximum absolute atomic E-state index is 10.7. The molecule has 0 amide bonds. The first-order valence-corrected chi connectivity index (χ1v) is 2.73. The molecule has 0 fully saturated rings. The van der Waals surface area contributed by atoms with E-state index >= 15 is 0 Å². The van der Waals surface area contributed by atoms with Crippen molar-refractivity contribution in [2.75, 3.05) is 0 Å². The van der Waals surface area contributed by atoms with Gasteiger partial charge in [-0.2, -0.15) is 21.6 Å². The summed E-state index contributed by atoms with van der Waals surface area (Å²) < 4.78 is 57.5. The van der Waals surface area contributed by atoms with E-state index in [0.29, 0.717) is 0 Å². The van der Waals surface area contributed by atoms with Gasteiger partial charge in [0.15, 0.2) is 0 Å². The van der Waals surface area contributed by atoms with Crippen LogP contribution in [-0.2, 0) is 29.6 Å². The van der Waals surface area contributed by atoms with Crippen molar-refractivity contribution in [3.8, 4) is 0 Å². The molecule has 14 heteroatoms. The Labute approximate surface area is 98.6 Å². The second kappa shape index (κ2) is 16.5. The fourth-order valence-corrected chi connectivity index (χ4v) is 0. The Morgan fingerprint density at radius 2 is 0.867 bits per heavy atom. The van der Waals surface area contributed by atoms with Crippen LogP contribution in [0.3, 0.4) is 0 Å². The minimum Gasteiger partial charge on any atom is -0.693 e. The zero-order chi connectivity index (χ0) is 7.00. The zero-order valence-corrected chi connectivity index (χ0v) is 9.68. The van der Waals surface area contributed by atoms with Crippen LogP contribution in [0.15, 0.2) is 0 Å². The second-order valence-electron chi connectivity index (χ2n) is 0.921. The van der Waals surface area contributed by atoms with Crippen LogP contribution in [0.5, 0.6) is 0 Å². The van der Waals surface area contributed by atoms with E-state index in [1.54, 1.807) is 0 Å². The minimum absolute atomic E-state index is 0. The van der Waals surface area contributed by atoms with Crippen molar-refractivity contribution in [1.29, 1.82) is 0 Å². The molecule has 0 saturated carbocycles. The Kier molecular flexibility index (Phi) is 65.6. The molecule has 0 unspecified atom stereocenters. The van der Waals surface area contributed by atoms with E-state index in [9.17, 15) is 13.2 Å². The summed E-state index contributed by atoms with van der Waals surface area (Å²) in [5.41, 5.74) is -5.53. The monoisotopic (exact) mass is 348 g/mol. The van der Waals surface area contributed by atoms with Crippen LogP contribution in [0.25, 0.3) is 36.9 Å². The standard InChI is InChI=1S/CHF3O3S.6H2N.Ru/c2-1(3,4)8(5,6)7;;;;;;;/h(H,5,6,7);6*1H2;/q;6*-1;+6. The SMILES string of the molecule is O=S(=O)(O)C(F)(F)F.[NH2-].[NH2-].[NH2-].[NH2-].[NH2-].[NH2-].[Ru+6]. The van der Waals surface area contributed by atoms with Crippen molar-refractivity contribution in [3.63, 3.8) is 0 Å². The Bertz CT molecular complexity index is 183. The Morgan fingerprint density at radius 3 is 0.867 bits per heavy atom. The summed E-state index contributed by atoms with van der Waals surface area (Å²) in [7, 11) is -5.84. The van der Waals surface area contributed by atoms with Crippen LogP contribution < -0.4 is 0 Å². The van der Waals surface area contributed by atoms with Gasteiger partial charge in [0.05, 0.1) is 0 Å². The molecule has 0 aliphatic carbocycles. The van der Waals surface area contributed by atoms with Crippen LogP contribution in [0, 0.1) is 0 Å². The van der Waals surface area contributed by atoms with Crippen molar-refractivity contribution in [2.45, 2.75) is 5.51 Å². The van der Waals surface area contributed by atoms with Gasteiger partial charge in [-0.3, -0.25) is 4.55 Å². The van der Waals surface area contributed by atoms with E-state index in [1.807, 2.05) is 0 Å². The molecule has 0 aromatic rings. The van der Waals surface area contributed by atoms with Crippen molar-refractivity contribution in [1.82, 2.24) is 0 Å². The van der Waals surface area contributed by atoms with Gasteiger partial charge in [-0.05, 0) is 0 Å². The van der Waals surface area contributed by atoms with Crippen LogP contribution >= 0.6 is 0 Å². The molecule has 0 heterocycles. The van der Waals surface area contributed by atoms with Gasteiger partial charge in [-0.15, -0.1) is 0 Å². The van der Waals surface area contributed by atoms with Crippen LogP contribution in [0.1, 0.15) is 0 Å². The zero-order valence-electron chi connectivity index (χ0n) is 7.12. The van der Waals surface area contributed by atoms with Crippen molar-refractivity contribution in [3.05, 3.63) is 36.9 Å². The normalized spacial score (nSPS) is 7.47. The third kappa shape index (κ3) is 24.9. The summed E-state index contributed by atoms with van der Waals surface area (Å²) in [5, 5.41) is 0. The minimum atomic E-state index is -5.84. The van der Waals surface area contributed by atoms with Crippen molar-refractivity contribution >= 4 is 10.1 Å². The maximum Gasteiger partial charge on any atom is 6.00 e. The predicted molar refractivity (Wildman–Crippen MR) is 49.3 cm³/mol. The number of nitrogens with two attached hydrogens (primary N) is 6. The molecule has 0 bridgehead atoms. The van der Waals surface area contributed by atoms with E-state index in [2.05, 4.69) is 0 Å². The third-order valence-corrected chi connectivity index (χ3v) is 0.877. The van der Waals surface area contributed by atoms with Gasteiger partial charge in [0, 0.05) is 0 Å². The first-order chi connectivity index (χ1) is 3.25. The van der Waals surface area contributed by atoms with E-state index in [-0.39, 0.29) is 56.4 Å². The van der Waals surface area contributed by atoms with Gasteiger partial charge < -0.3 is 36.9 Å². The Hall–Kier alpha value is 0.0834. The van der Waals surface area contributed by atoms with Crippen molar-refractivity contribution in [2.24, 2.45) is 0 Å². The fraction of sp³-hybridized carbons (Fsp3) is 1.00. The van der Waals surface area contributed by atoms with Gasteiger partial charge in [0.1, 0.15) is 0 Å². The quantitative estimate of drug-likeness (QED) is 0.371. The van der Waals surface area contributed by atoms with E-state index in [1.165, 1.54) is 0 Å². The number of hydrogen-bond acceptors (Lipinski definition) is 2. The summed E-state index contributed by atoms with van der Waals surface area (Å²) in [4.78, 5) is 0. The average molecular weight is 347 g/mol. The van der Waals surface area contributed by atoms with Gasteiger partial charge in [0.2, 0.25) is 0 Å². The largest absolute Gasteiger partial charge is 6.00 e. The molecule has 0 aliphatic rings. The molecule has 0 rings (SSSR count). The molecule has 0 atom stereocenters. The fourth-order valence-electron chi connectivity index (χ4n) is 0. The van der Waals surface area contributed by atoms with Crippen LogP contribution in [0.4, 0.5) is 13.2 Å². The van der Waals surface area contributed by atoms with Crippen molar-refractivity contribution < 1.29 is 45.6 Å². The second-order valence-corrected chi connectivity index (χ2v) is 2.33. The van der Waals surface area contributed by atoms with Gasteiger partial charge in [-0.25, -0.2) is 0 Å². The van der Waals surface area contributed by atoms with Crippen LogP contribution in [-0.4, -0.2) is 18.5 Å². The maximum atomic E-state index is 10.7. The molecule has 15 heavy (non-hydrogen) atoms. The molecule has 13 N–H and O–H groups in total. The molecule has 0 aliphatic heterocycles. The summed E-state index contributed by atoms with van der Waals surface area (Å²) in [6, 6.07) is 0. The summed E-state index contributed by atoms with van der Waals surface area (Å²) >= 11 is 0. The van der Waals surface area contributed by atoms with Crippen LogP contribution in [0.2, 0.25) is 0 Å². The molecule has 0 saturated heterocycles. The van der Waals surface area contributed by atoms with Gasteiger partial charge in [0.25, 0.3) is 0 Å². The molecule has 0 aromatic carbocycles.